The molecule has 0 amide bonds. The molecule has 2 aromatic heterocycles. The van der Waals surface area contributed by atoms with E-state index in [0.29, 0.717) is 11.1 Å². The van der Waals surface area contributed by atoms with E-state index in [1.807, 2.05) is 6.07 Å². The van der Waals surface area contributed by atoms with Crippen LogP contribution in [-0.2, 0) is 10.0 Å². The van der Waals surface area contributed by atoms with Gasteiger partial charge in [-0.1, -0.05) is 12.1 Å². The van der Waals surface area contributed by atoms with E-state index in [0.717, 1.165) is 15.6 Å². The summed E-state index contributed by atoms with van der Waals surface area (Å²) in [5, 5.41) is 1.43. The SMILES string of the molecule is O=S(=O)(Nc1ccc2ncsc2c1)c1cccc2cnccc12. The van der Waals surface area contributed by atoms with Crippen molar-refractivity contribution in [2.75, 3.05) is 4.72 Å². The third-order valence-corrected chi connectivity index (χ3v) is 5.74. The van der Waals surface area contributed by atoms with Crippen LogP contribution in [0.1, 0.15) is 0 Å². The van der Waals surface area contributed by atoms with E-state index in [2.05, 4.69) is 14.7 Å². The number of sulfonamides is 1. The normalized spacial score (nSPS) is 11.8. The van der Waals surface area contributed by atoms with Gasteiger partial charge in [0.1, 0.15) is 0 Å². The highest BCUT2D eigenvalue weighted by atomic mass is 32.2. The van der Waals surface area contributed by atoms with Gasteiger partial charge in [-0.3, -0.25) is 9.71 Å². The quantitative estimate of drug-likeness (QED) is 0.617. The summed E-state index contributed by atoms with van der Waals surface area (Å²) in [7, 11) is -3.69. The van der Waals surface area contributed by atoms with Crippen molar-refractivity contribution in [1.29, 1.82) is 0 Å². The predicted octanol–water partition coefficient (Wildman–Crippen LogP) is 3.65. The summed E-state index contributed by atoms with van der Waals surface area (Å²) in [6, 6.07) is 12.2. The zero-order valence-electron chi connectivity index (χ0n) is 11.8. The Morgan fingerprint density at radius 1 is 1.09 bits per heavy atom. The molecule has 0 radical (unpaired) electrons. The smallest absolute Gasteiger partial charge is 0.262 e. The molecular weight excluding hydrogens is 330 g/mol. The monoisotopic (exact) mass is 341 g/mol. The first-order valence-corrected chi connectivity index (χ1v) is 9.19. The summed E-state index contributed by atoms with van der Waals surface area (Å²) in [4.78, 5) is 8.45. The van der Waals surface area contributed by atoms with Crippen molar-refractivity contribution in [3.63, 3.8) is 0 Å². The number of pyridine rings is 1. The molecule has 4 aromatic rings. The molecule has 0 saturated carbocycles. The molecule has 5 nitrogen and oxygen atoms in total. The van der Waals surface area contributed by atoms with Crippen molar-refractivity contribution in [1.82, 2.24) is 9.97 Å². The average molecular weight is 341 g/mol. The molecular formula is C16H11N3O2S2. The van der Waals surface area contributed by atoms with Gasteiger partial charge in [-0.05, 0) is 30.3 Å². The number of thiazole rings is 1. The summed E-state index contributed by atoms with van der Waals surface area (Å²) in [6.07, 6.45) is 3.24. The lowest BCUT2D eigenvalue weighted by molar-refractivity contribution is 0.602. The number of hydrogen-bond acceptors (Lipinski definition) is 5. The molecule has 7 heteroatoms. The maximum Gasteiger partial charge on any atom is 0.262 e. The van der Waals surface area contributed by atoms with Crippen molar-refractivity contribution in [2.24, 2.45) is 0 Å². The fourth-order valence-corrected chi connectivity index (χ4v) is 4.45. The van der Waals surface area contributed by atoms with Gasteiger partial charge < -0.3 is 0 Å². The van der Waals surface area contributed by atoms with Crippen molar-refractivity contribution < 1.29 is 8.42 Å². The van der Waals surface area contributed by atoms with Crippen LogP contribution in [0.2, 0.25) is 0 Å². The van der Waals surface area contributed by atoms with Gasteiger partial charge in [0.25, 0.3) is 10.0 Å². The second-order valence-corrected chi connectivity index (χ2v) is 7.53. The van der Waals surface area contributed by atoms with Gasteiger partial charge in [0.2, 0.25) is 0 Å². The van der Waals surface area contributed by atoms with Crippen LogP contribution in [0, 0.1) is 0 Å². The molecule has 1 N–H and O–H groups in total. The van der Waals surface area contributed by atoms with E-state index in [4.69, 9.17) is 0 Å². The molecule has 2 heterocycles. The first-order valence-electron chi connectivity index (χ1n) is 6.82. The third kappa shape index (κ3) is 2.54. The molecule has 4 rings (SSSR count). The highest BCUT2D eigenvalue weighted by molar-refractivity contribution is 7.93. The molecule has 0 spiro atoms. The highest BCUT2D eigenvalue weighted by Crippen LogP contribution is 2.26. The van der Waals surface area contributed by atoms with E-state index in [1.54, 1.807) is 54.3 Å². The maximum atomic E-state index is 12.7. The number of nitrogens with one attached hydrogen (secondary N) is 1. The minimum atomic E-state index is -3.69. The lowest BCUT2D eigenvalue weighted by Crippen LogP contribution is -2.13. The Labute approximate surface area is 136 Å². The largest absolute Gasteiger partial charge is 0.280 e. The fourth-order valence-electron chi connectivity index (χ4n) is 2.46. The number of aromatic nitrogens is 2. The predicted molar refractivity (Wildman–Crippen MR) is 92.2 cm³/mol. The molecule has 0 aliphatic carbocycles. The molecule has 0 unspecified atom stereocenters. The van der Waals surface area contributed by atoms with Crippen molar-refractivity contribution in [3.8, 4) is 0 Å². The third-order valence-electron chi connectivity index (χ3n) is 3.51. The summed E-state index contributed by atoms with van der Waals surface area (Å²) < 4.78 is 29.1. The van der Waals surface area contributed by atoms with Gasteiger partial charge in [0.15, 0.2) is 0 Å². The molecule has 23 heavy (non-hydrogen) atoms. The Morgan fingerprint density at radius 3 is 2.91 bits per heavy atom. The van der Waals surface area contributed by atoms with Gasteiger partial charge in [-0.15, -0.1) is 11.3 Å². The molecule has 0 aliphatic heterocycles. The molecule has 0 fully saturated rings. The van der Waals surface area contributed by atoms with Gasteiger partial charge in [0, 0.05) is 23.2 Å². The number of nitrogens with zero attached hydrogens (tertiary/aromatic N) is 2. The summed E-state index contributed by atoms with van der Waals surface area (Å²) in [6.45, 7) is 0. The average Bonchev–Trinajstić information content (AvgIpc) is 3.01. The second-order valence-electron chi connectivity index (χ2n) is 4.99. The van der Waals surface area contributed by atoms with Crippen molar-refractivity contribution >= 4 is 48.0 Å². The Morgan fingerprint density at radius 2 is 2.00 bits per heavy atom. The summed E-state index contributed by atoms with van der Waals surface area (Å²) >= 11 is 1.47. The molecule has 0 bridgehead atoms. The first kappa shape index (κ1) is 14.1. The molecule has 0 atom stereocenters. The fraction of sp³-hybridized carbons (Fsp3) is 0. The van der Waals surface area contributed by atoms with Gasteiger partial charge in [-0.2, -0.15) is 0 Å². The topological polar surface area (TPSA) is 72.0 Å². The van der Waals surface area contributed by atoms with E-state index in [1.165, 1.54) is 11.3 Å². The Balaban J connectivity index is 1.80. The van der Waals surface area contributed by atoms with Crippen LogP contribution in [0.5, 0.6) is 0 Å². The highest BCUT2D eigenvalue weighted by Gasteiger charge is 2.17. The lowest BCUT2D eigenvalue weighted by atomic mass is 10.2. The van der Waals surface area contributed by atoms with E-state index in [-0.39, 0.29) is 4.90 Å². The second kappa shape index (κ2) is 5.29. The lowest BCUT2D eigenvalue weighted by Gasteiger charge is -2.10. The standard InChI is InChI=1S/C16H11N3O2S2/c20-23(21,16-3-1-2-11-9-17-7-6-13(11)16)19-12-4-5-14-15(8-12)22-10-18-14/h1-10,19H. The maximum absolute atomic E-state index is 12.7. The molecule has 0 saturated heterocycles. The van der Waals surface area contributed by atoms with Gasteiger partial charge >= 0.3 is 0 Å². The molecule has 0 aliphatic rings. The Hall–Kier alpha value is -2.51. The van der Waals surface area contributed by atoms with Crippen LogP contribution in [0.3, 0.4) is 0 Å². The minimum Gasteiger partial charge on any atom is -0.280 e. The number of fused-ring (bicyclic) bond motifs is 2. The van der Waals surface area contributed by atoms with Crippen LogP contribution in [0.15, 0.2) is 65.3 Å². The van der Waals surface area contributed by atoms with Crippen LogP contribution in [0.25, 0.3) is 21.0 Å². The Bertz CT molecular complexity index is 1120. The summed E-state index contributed by atoms with van der Waals surface area (Å²) in [5.74, 6) is 0. The zero-order chi connectivity index (χ0) is 15.9. The van der Waals surface area contributed by atoms with Crippen LogP contribution in [-0.4, -0.2) is 18.4 Å². The Kier molecular flexibility index (Phi) is 3.24. The van der Waals surface area contributed by atoms with Crippen molar-refractivity contribution in [2.45, 2.75) is 4.90 Å². The van der Waals surface area contributed by atoms with Crippen molar-refractivity contribution in [3.05, 3.63) is 60.4 Å². The van der Waals surface area contributed by atoms with Crippen LogP contribution in [0.4, 0.5) is 5.69 Å². The van der Waals surface area contributed by atoms with Gasteiger partial charge in [-0.25, -0.2) is 13.4 Å². The zero-order valence-corrected chi connectivity index (χ0v) is 13.4. The van der Waals surface area contributed by atoms with Gasteiger partial charge in [0.05, 0.1) is 26.3 Å². The number of rotatable bonds is 3. The molecule has 114 valence electrons. The van der Waals surface area contributed by atoms with Crippen LogP contribution >= 0.6 is 11.3 Å². The number of benzene rings is 2. The van der Waals surface area contributed by atoms with E-state index < -0.39 is 10.0 Å². The van der Waals surface area contributed by atoms with Crippen LogP contribution < -0.4 is 4.72 Å². The molecule has 2 aromatic carbocycles. The van der Waals surface area contributed by atoms with E-state index >= 15 is 0 Å². The first-order chi connectivity index (χ1) is 11.1. The minimum absolute atomic E-state index is 0.238. The number of hydrogen-bond donors (Lipinski definition) is 1. The number of anilines is 1. The summed E-state index contributed by atoms with van der Waals surface area (Å²) in [5.41, 5.74) is 3.11. The van der Waals surface area contributed by atoms with E-state index in [9.17, 15) is 8.42 Å².